The van der Waals surface area contributed by atoms with E-state index < -0.39 is 18.1 Å². The van der Waals surface area contributed by atoms with Gasteiger partial charge in [0.05, 0.1) is 23.2 Å². The average Bonchev–Trinajstić information content (AvgIpc) is 3.61. The molecule has 1 aliphatic rings. The first-order valence-electron chi connectivity index (χ1n) is 10.9. The fraction of sp³-hybridized carbons (Fsp3) is 0.208. The highest BCUT2D eigenvalue weighted by molar-refractivity contribution is 5.93. The Labute approximate surface area is 193 Å². The molecule has 170 valence electrons. The number of nitrogens with zero attached hydrogens (tertiary/aromatic N) is 6. The molecule has 0 saturated heterocycles. The van der Waals surface area contributed by atoms with Crippen molar-refractivity contribution in [2.24, 2.45) is 0 Å². The summed E-state index contributed by atoms with van der Waals surface area (Å²) in [5.41, 5.74) is 3.58. The molecule has 0 aromatic carbocycles. The van der Waals surface area contributed by atoms with E-state index >= 15 is 0 Å². The minimum atomic E-state index is -1.50. The van der Waals surface area contributed by atoms with E-state index in [2.05, 4.69) is 19.9 Å². The summed E-state index contributed by atoms with van der Waals surface area (Å²) in [6.07, 6.45) is 4.12. The highest BCUT2D eigenvalue weighted by Gasteiger charge is 2.39. The number of fused-ring (bicyclic) bond motifs is 2. The number of nitrogens with one attached hydrogen (secondary N) is 1. The zero-order valence-electron chi connectivity index (χ0n) is 18.2. The Kier molecular flexibility index (Phi) is 4.72. The van der Waals surface area contributed by atoms with Gasteiger partial charge in [0.1, 0.15) is 23.6 Å². The molecule has 10 heteroatoms. The summed E-state index contributed by atoms with van der Waals surface area (Å²) in [4.78, 5) is 31.6. The average molecular weight is 457 g/mol. The Balaban J connectivity index is 1.45. The number of pyridine rings is 2. The second-order valence-electron chi connectivity index (χ2n) is 8.12. The molecule has 1 N–H and O–H groups in total. The third kappa shape index (κ3) is 3.26. The molecule has 1 aliphatic heterocycles. The topological polar surface area (TPSA) is 105 Å². The van der Waals surface area contributed by atoms with Crippen molar-refractivity contribution in [3.8, 4) is 11.6 Å². The van der Waals surface area contributed by atoms with E-state index in [0.29, 0.717) is 30.0 Å². The molecule has 0 spiro atoms. The highest BCUT2D eigenvalue weighted by Crippen LogP contribution is 2.36. The molecule has 5 aromatic rings. The minimum absolute atomic E-state index is 0.0489. The first-order chi connectivity index (χ1) is 16.6. The molecule has 0 aliphatic carbocycles. The van der Waals surface area contributed by atoms with Gasteiger partial charge in [0.25, 0.3) is 5.91 Å². The number of aromatic amines is 1. The number of H-pyrrole nitrogens is 1. The molecule has 1 amide bonds. The molecule has 6 rings (SSSR count). The fourth-order valence-corrected chi connectivity index (χ4v) is 4.37. The van der Waals surface area contributed by atoms with Gasteiger partial charge in [-0.05, 0) is 37.3 Å². The number of oxazole rings is 1. The van der Waals surface area contributed by atoms with Crippen molar-refractivity contribution in [1.29, 1.82) is 0 Å². The lowest BCUT2D eigenvalue weighted by molar-refractivity contribution is 0.0651. The molecule has 6 heterocycles. The second-order valence-corrected chi connectivity index (χ2v) is 8.12. The van der Waals surface area contributed by atoms with Crippen LogP contribution in [0.15, 0.2) is 65.6 Å². The van der Waals surface area contributed by atoms with Gasteiger partial charge in [-0.2, -0.15) is 5.10 Å². The number of halogens is 1. The number of aromatic nitrogens is 6. The van der Waals surface area contributed by atoms with Crippen LogP contribution in [0.4, 0.5) is 4.39 Å². The third-order valence-electron chi connectivity index (χ3n) is 5.96. The van der Waals surface area contributed by atoms with Gasteiger partial charge in [0.15, 0.2) is 0 Å². The van der Waals surface area contributed by atoms with Crippen molar-refractivity contribution in [3.05, 3.63) is 89.7 Å². The van der Waals surface area contributed by atoms with Gasteiger partial charge in [0.2, 0.25) is 11.7 Å². The van der Waals surface area contributed by atoms with E-state index in [1.807, 2.05) is 30.5 Å². The van der Waals surface area contributed by atoms with Gasteiger partial charge in [-0.15, -0.1) is 0 Å². The van der Waals surface area contributed by atoms with Crippen LogP contribution in [0.2, 0.25) is 0 Å². The highest BCUT2D eigenvalue weighted by atomic mass is 19.1. The van der Waals surface area contributed by atoms with Crippen molar-refractivity contribution in [3.63, 3.8) is 0 Å². The number of carbonyl (C=O) groups is 1. The molecular weight excluding hydrogens is 437 g/mol. The van der Waals surface area contributed by atoms with Crippen LogP contribution < -0.4 is 0 Å². The molecule has 0 radical (unpaired) electrons. The first-order valence-corrected chi connectivity index (χ1v) is 10.9. The molecule has 9 nitrogen and oxygen atoms in total. The number of alkyl halides is 1. The van der Waals surface area contributed by atoms with Gasteiger partial charge in [0, 0.05) is 31.1 Å². The zero-order valence-corrected chi connectivity index (χ0v) is 18.2. The van der Waals surface area contributed by atoms with Crippen LogP contribution in [0.25, 0.3) is 17.1 Å². The summed E-state index contributed by atoms with van der Waals surface area (Å²) < 4.78 is 22.1. The number of hydrogen-bond acceptors (Lipinski definition) is 6. The molecule has 1 unspecified atom stereocenters. The Morgan fingerprint density at radius 2 is 2.12 bits per heavy atom. The first kappa shape index (κ1) is 20.3. The summed E-state index contributed by atoms with van der Waals surface area (Å²) in [5, 5.41) is 4.69. The molecule has 5 aromatic heterocycles. The maximum absolute atomic E-state index is 14.6. The van der Waals surface area contributed by atoms with Gasteiger partial charge in [-0.3, -0.25) is 9.78 Å². The van der Waals surface area contributed by atoms with Gasteiger partial charge < -0.3 is 14.3 Å². The van der Waals surface area contributed by atoms with Crippen molar-refractivity contribution in [1.82, 2.24) is 34.4 Å². The van der Waals surface area contributed by atoms with Crippen LogP contribution in [0.1, 0.15) is 52.5 Å². The Morgan fingerprint density at radius 3 is 2.91 bits per heavy atom. The standard InChI is InChI=1S/C24H20FN7O2/c1-14(25)19-22(34-23(29-19)17-7-2-4-9-26-17)24(33)31-11-8-16-20(28-13-27-16)21(31)18-12-15-6-3-5-10-32(15)30-18/h2-7,9-10,12-14,21H,8,11H2,1H3,(H,27,28)/t14?,21-/m1/s1. The molecular formula is C24H20FN7O2. The number of carbonyl (C=O) groups excluding carboxylic acids is 1. The lowest BCUT2D eigenvalue weighted by Gasteiger charge is -2.33. The SMILES string of the molecule is CC(F)c1nc(-c2ccccn2)oc1C(=O)N1CCc2[nH]cnc2[C@H]1c1cc2ccccn2n1. The van der Waals surface area contributed by atoms with Crippen LogP contribution in [0.3, 0.4) is 0 Å². The third-order valence-corrected chi connectivity index (χ3v) is 5.96. The zero-order chi connectivity index (χ0) is 23.2. The van der Waals surface area contributed by atoms with E-state index in [-0.39, 0.29) is 17.3 Å². The quantitative estimate of drug-likeness (QED) is 0.439. The maximum Gasteiger partial charge on any atom is 0.292 e. The van der Waals surface area contributed by atoms with Gasteiger partial charge in [-0.25, -0.2) is 18.9 Å². The lowest BCUT2D eigenvalue weighted by atomic mass is 9.99. The summed E-state index contributed by atoms with van der Waals surface area (Å²) in [6, 6.07) is 12.3. The summed E-state index contributed by atoms with van der Waals surface area (Å²) in [5.74, 6) is -0.501. The molecule has 2 atom stereocenters. The second kappa shape index (κ2) is 7.91. The smallest absolute Gasteiger partial charge is 0.292 e. The Morgan fingerprint density at radius 1 is 1.24 bits per heavy atom. The number of imidazole rings is 1. The Bertz CT molecular complexity index is 1450. The number of amides is 1. The van der Waals surface area contributed by atoms with Crippen molar-refractivity contribution < 1.29 is 13.6 Å². The van der Waals surface area contributed by atoms with Crippen molar-refractivity contribution >= 4 is 11.4 Å². The van der Waals surface area contributed by atoms with Crippen LogP contribution in [-0.4, -0.2) is 46.9 Å². The van der Waals surface area contributed by atoms with Crippen LogP contribution in [0, 0.1) is 0 Å². The van der Waals surface area contributed by atoms with Gasteiger partial charge in [-0.1, -0.05) is 12.1 Å². The monoisotopic (exact) mass is 457 g/mol. The van der Waals surface area contributed by atoms with E-state index in [1.54, 1.807) is 40.1 Å². The molecule has 34 heavy (non-hydrogen) atoms. The fourth-order valence-electron chi connectivity index (χ4n) is 4.37. The van der Waals surface area contributed by atoms with Gasteiger partial charge >= 0.3 is 0 Å². The minimum Gasteiger partial charge on any atom is -0.429 e. The molecule has 0 saturated carbocycles. The van der Waals surface area contributed by atoms with E-state index in [1.165, 1.54) is 6.92 Å². The molecule has 0 bridgehead atoms. The summed E-state index contributed by atoms with van der Waals surface area (Å²) in [6.45, 7) is 1.71. The van der Waals surface area contributed by atoms with Crippen LogP contribution >= 0.6 is 0 Å². The van der Waals surface area contributed by atoms with Crippen molar-refractivity contribution in [2.45, 2.75) is 25.6 Å². The van der Waals surface area contributed by atoms with E-state index in [0.717, 1.165) is 11.2 Å². The summed E-state index contributed by atoms with van der Waals surface area (Å²) in [7, 11) is 0. The normalized spacial score (nSPS) is 16.5. The van der Waals surface area contributed by atoms with E-state index in [9.17, 15) is 9.18 Å². The van der Waals surface area contributed by atoms with Crippen LogP contribution in [0.5, 0.6) is 0 Å². The van der Waals surface area contributed by atoms with Crippen molar-refractivity contribution in [2.75, 3.05) is 6.54 Å². The summed E-state index contributed by atoms with van der Waals surface area (Å²) >= 11 is 0. The molecule has 0 fully saturated rings. The largest absolute Gasteiger partial charge is 0.429 e. The Hall–Kier alpha value is -4.34. The predicted molar refractivity (Wildman–Crippen MR) is 120 cm³/mol. The maximum atomic E-state index is 14.6. The lowest BCUT2D eigenvalue weighted by Crippen LogP contribution is -2.41. The van der Waals surface area contributed by atoms with E-state index in [4.69, 9.17) is 9.52 Å². The number of rotatable bonds is 4. The predicted octanol–water partition coefficient (Wildman–Crippen LogP) is 3.93. The number of hydrogen-bond donors (Lipinski definition) is 1. The van der Waals surface area contributed by atoms with Crippen LogP contribution in [-0.2, 0) is 6.42 Å².